The van der Waals surface area contributed by atoms with Crippen molar-refractivity contribution in [3.63, 3.8) is 0 Å². The van der Waals surface area contributed by atoms with Crippen LogP contribution in [0.25, 0.3) is 0 Å². The van der Waals surface area contributed by atoms with Gasteiger partial charge in [-0.1, -0.05) is 24.3 Å². The van der Waals surface area contributed by atoms with Crippen LogP contribution in [0, 0.1) is 0 Å². The first-order valence-electron chi connectivity index (χ1n) is 6.90. The van der Waals surface area contributed by atoms with Crippen molar-refractivity contribution in [2.24, 2.45) is 0 Å². The molecular formula is C15H20N2O. The van der Waals surface area contributed by atoms with Crippen LogP contribution in [0.1, 0.15) is 24.0 Å². The van der Waals surface area contributed by atoms with Gasteiger partial charge in [-0.15, -0.1) is 0 Å². The lowest BCUT2D eigenvalue weighted by molar-refractivity contribution is -0.133. The fraction of sp³-hybridized carbons (Fsp3) is 0.533. The SMILES string of the molecule is O=C(CN1CCCC1)N1CCc2ccccc2C1. The van der Waals surface area contributed by atoms with Crippen LogP contribution < -0.4 is 0 Å². The fourth-order valence-electron chi connectivity index (χ4n) is 2.94. The molecule has 2 aliphatic rings. The van der Waals surface area contributed by atoms with Crippen LogP contribution in [0.5, 0.6) is 0 Å². The van der Waals surface area contributed by atoms with E-state index in [0.717, 1.165) is 32.6 Å². The van der Waals surface area contributed by atoms with Gasteiger partial charge in [-0.2, -0.15) is 0 Å². The van der Waals surface area contributed by atoms with Crippen molar-refractivity contribution in [3.05, 3.63) is 35.4 Å². The Morgan fingerprint density at radius 1 is 1.06 bits per heavy atom. The van der Waals surface area contributed by atoms with Crippen molar-refractivity contribution in [2.75, 3.05) is 26.2 Å². The summed E-state index contributed by atoms with van der Waals surface area (Å²) in [5, 5.41) is 0. The lowest BCUT2D eigenvalue weighted by Gasteiger charge is -2.30. The van der Waals surface area contributed by atoms with E-state index in [2.05, 4.69) is 29.2 Å². The summed E-state index contributed by atoms with van der Waals surface area (Å²) in [4.78, 5) is 16.5. The van der Waals surface area contributed by atoms with Gasteiger partial charge in [0.15, 0.2) is 0 Å². The van der Waals surface area contributed by atoms with Crippen molar-refractivity contribution in [1.29, 1.82) is 0 Å². The summed E-state index contributed by atoms with van der Waals surface area (Å²) in [6.07, 6.45) is 3.49. The van der Waals surface area contributed by atoms with Crippen LogP contribution in [-0.2, 0) is 17.8 Å². The molecule has 1 aromatic rings. The number of rotatable bonds is 2. The summed E-state index contributed by atoms with van der Waals surface area (Å²) in [5.41, 5.74) is 2.72. The zero-order valence-electron chi connectivity index (χ0n) is 10.8. The van der Waals surface area contributed by atoms with Crippen LogP contribution in [0.2, 0.25) is 0 Å². The highest BCUT2D eigenvalue weighted by Crippen LogP contribution is 2.19. The number of amides is 1. The Bertz CT molecular complexity index is 438. The highest BCUT2D eigenvalue weighted by Gasteiger charge is 2.23. The van der Waals surface area contributed by atoms with E-state index >= 15 is 0 Å². The second kappa shape index (κ2) is 5.11. The van der Waals surface area contributed by atoms with Gasteiger partial charge in [-0.25, -0.2) is 0 Å². The van der Waals surface area contributed by atoms with Gasteiger partial charge < -0.3 is 4.90 Å². The Kier molecular flexibility index (Phi) is 3.33. The second-order valence-electron chi connectivity index (χ2n) is 5.32. The number of hydrogen-bond donors (Lipinski definition) is 0. The minimum Gasteiger partial charge on any atom is -0.337 e. The Labute approximate surface area is 108 Å². The lowest BCUT2D eigenvalue weighted by atomic mass is 10.00. The topological polar surface area (TPSA) is 23.6 Å². The third-order valence-electron chi connectivity index (χ3n) is 4.04. The largest absolute Gasteiger partial charge is 0.337 e. The minimum absolute atomic E-state index is 0.298. The Balaban J connectivity index is 1.62. The Morgan fingerprint density at radius 2 is 1.78 bits per heavy atom. The first-order chi connectivity index (χ1) is 8.83. The molecule has 1 aromatic carbocycles. The molecule has 0 aliphatic carbocycles. The maximum Gasteiger partial charge on any atom is 0.237 e. The lowest BCUT2D eigenvalue weighted by Crippen LogP contribution is -2.41. The molecule has 0 aromatic heterocycles. The molecule has 3 nitrogen and oxygen atoms in total. The minimum atomic E-state index is 0.298. The first-order valence-corrected chi connectivity index (χ1v) is 6.90. The molecular weight excluding hydrogens is 224 g/mol. The Morgan fingerprint density at radius 3 is 2.56 bits per heavy atom. The highest BCUT2D eigenvalue weighted by molar-refractivity contribution is 5.78. The molecule has 2 aliphatic heterocycles. The normalized spacial score (nSPS) is 19.9. The van der Waals surface area contributed by atoms with Crippen LogP contribution in [0.15, 0.2) is 24.3 Å². The fourth-order valence-corrected chi connectivity index (χ4v) is 2.94. The summed E-state index contributed by atoms with van der Waals surface area (Å²) in [6.45, 7) is 4.47. The van der Waals surface area contributed by atoms with Gasteiger partial charge >= 0.3 is 0 Å². The highest BCUT2D eigenvalue weighted by atomic mass is 16.2. The second-order valence-corrected chi connectivity index (χ2v) is 5.32. The summed E-state index contributed by atoms with van der Waals surface area (Å²) in [7, 11) is 0. The molecule has 0 saturated carbocycles. The van der Waals surface area contributed by atoms with E-state index in [1.807, 2.05) is 4.90 Å². The third kappa shape index (κ3) is 2.41. The van der Waals surface area contributed by atoms with Gasteiger partial charge in [0, 0.05) is 13.1 Å². The van der Waals surface area contributed by atoms with Crippen molar-refractivity contribution < 1.29 is 4.79 Å². The van der Waals surface area contributed by atoms with Crippen LogP contribution in [-0.4, -0.2) is 41.9 Å². The van der Waals surface area contributed by atoms with Crippen LogP contribution >= 0.6 is 0 Å². The molecule has 0 atom stereocenters. The average Bonchev–Trinajstić information content (AvgIpc) is 2.91. The molecule has 96 valence electrons. The number of nitrogens with zero attached hydrogens (tertiary/aromatic N) is 2. The van der Waals surface area contributed by atoms with Crippen molar-refractivity contribution in [1.82, 2.24) is 9.80 Å². The van der Waals surface area contributed by atoms with E-state index in [9.17, 15) is 4.79 Å². The van der Waals surface area contributed by atoms with Gasteiger partial charge in [0.1, 0.15) is 0 Å². The zero-order valence-corrected chi connectivity index (χ0v) is 10.8. The molecule has 3 rings (SSSR count). The molecule has 1 amide bonds. The van der Waals surface area contributed by atoms with Crippen LogP contribution in [0.4, 0.5) is 0 Å². The van der Waals surface area contributed by atoms with Gasteiger partial charge in [-0.05, 0) is 43.5 Å². The maximum absolute atomic E-state index is 12.2. The predicted octanol–water partition coefficient (Wildman–Crippen LogP) is 1.67. The number of benzene rings is 1. The molecule has 0 radical (unpaired) electrons. The molecule has 1 fully saturated rings. The smallest absolute Gasteiger partial charge is 0.237 e. The van der Waals surface area contributed by atoms with Crippen molar-refractivity contribution >= 4 is 5.91 Å². The molecule has 0 N–H and O–H groups in total. The Hall–Kier alpha value is -1.35. The summed E-state index contributed by atoms with van der Waals surface area (Å²) >= 11 is 0. The zero-order chi connectivity index (χ0) is 12.4. The van der Waals surface area contributed by atoms with Gasteiger partial charge in [-0.3, -0.25) is 9.69 Å². The molecule has 0 unspecified atom stereocenters. The molecule has 0 bridgehead atoms. The maximum atomic E-state index is 12.2. The van der Waals surface area contributed by atoms with E-state index in [1.165, 1.54) is 24.0 Å². The van der Waals surface area contributed by atoms with E-state index in [1.54, 1.807) is 0 Å². The molecule has 0 spiro atoms. The van der Waals surface area contributed by atoms with E-state index in [-0.39, 0.29) is 0 Å². The molecule has 2 heterocycles. The first kappa shape index (κ1) is 11.7. The van der Waals surface area contributed by atoms with Crippen molar-refractivity contribution in [2.45, 2.75) is 25.8 Å². The third-order valence-corrected chi connectivity index (χ3v) is 4.04. The summed E-state index contributed by atoms with van der Waals surface area (Å²) in [6, 6.07) is 8.47. The molecule has 3 heteroatoms. The molecule has 1 saturated heterocycles. The van der Waals surface area contributed by atoms with E-state index < -0.39 is 0 Å². The number of fused-ring (bicyclic) bond motifs is 1. The molecule has 18 heavy (non-hydrogen) atoms. The quantitative estimate of drug-likeness (QED) is 0.790. The summed E-state index contributed by atoms with van der Waals surface area (Å²) in [5.74, 6) is 0.298. The number of likely N-dealkylation sites (tertiary alicyclic amines) is 1. The predicted molar refractivity (Wildman–Crippen MR) is 71.2 cm³/mol. The summed E-state index contributed by atoms with van der Waals surface area (Å²) < 4.78 is 0. The van der Waals surface area contributed by atoms with Gasteiger partial charge in [0.2, 0.25) is 5.91 Å². The van der Waals surface area contributed by atoms with E-state index in [4.69, 9.17) is 0 Å². The number of hydrogen-bond acceptors (Lipinski definition) is 2. The monoisotopic (exact) mass is 244 g/mol. The number of carbonyl (C=O) groups excluding carboxylic acids is 1. The van der Waals surface area contributed by atoms with Gasteiger partial charge in [0.05, 0.1) is 6.54 Å². The van der Waals surface area contributed by atoms with Gasteiger partial charge in [0.25, 0.3) is 0 Å². The van der Waals surface area contributed by atoms with E-state index in [0.29, 0.717) is 12.5 Å². The average molecular weight is 244 g/mol. The standard InChI is InChI=1S/C15H20N2O/c18-15(12-16-8-3-4-9-16)17-10-7-13-5-1-2-6-14(13)11-17/h1-2,5-6H,3-4,7-12H2. The van der Waals surface area contributed by atoms with Crippen LogP contribution in [0.3, 0.4) is 0 Å². The van der Waals surface area contributed by atoms with Crippen molar-refractivity contribution in [3.8, 4) is 0 Å². The number of carbonyl (C=O) groups is 1.